The molecule has 1 aliphatic heterocycles. The number of nitrogens with zero attached hydrogens (tertiary/aromatic N) is 3. The van der Waals surface area contributed by atoms with Gasteiger partial charge in [-0.05, 0) is 31.5 Å². The molecule has 5 nitrogen and oxygen atoms in total. The van der Waals surface area contributed by atoms with Crippen molar-refractivity contribution in [2.75, 3.05) is 13.1 Å². The van der Waals surface area contributed by atoms with Gasteiger partial charge in [0, 0.05) is 19.5 Å². The predicted octanol–water partition coefficient (Wildman–Crippen LogP) is 3.73. The minimum Gasteiger partial charge on any atom is -0.489 e. The zero-order chi connectivity index (χ0) is 15.5. The van der Waals surface area contributed by atoms with Crippen LogP contribution in [0, 0.1) is 6.92 Å². The van der Waals surface area contributed by atoms with E-state index in [9.17, 15) is 0 Å². The second-order valence-corrected chi connectivity index (χ2v) is 6.22. The molecule has 0 aliphatic carbocycles. The smallest absolute Gasteiger partial charge is 0.230 e. The van der Waals surface area contributed by atoms with Crippen molar-refractivity contribution in [1.29, 1.82) is 0 Å². The molecule has 0 saturated carbocycles. The van der Waals surface area contributed by atoms with Crippen molar-refractivity contribution in [2.24, 2.45) is 0 Å². The molecule has 0 spiro atoms. The van der Waals surface area contributed by atoms with Crippen LogP contribution in [-0.4, -0.2) is 34.3 Å². The molecule has 118 valence electrons. The zero-order valence-electron chi connectivity index (χ0n) is 12.3. The third-order valence-electron chi connectivity index (χ3n) is 3.58. The van der Waals surface area contributed by atoms with E-state index in [-0.39, 0.29) is 6.10 Å². The quantitative estimate of drug-likeness (QED) is 0.847. The van der Waals surface area contributed by atoms with Gasteiger partial charge < -0.3 is 9.15 Å². The second-order valence-electron chi connectivity index (χ2n) is 5.41. The lowest BCUT2D eigenvalue weighted by Crippen LogP contribution is -2.40. The minimum absolute atomic E-state index is 0.120. The molecule has 22 heavy (non-hydrogen) atoms. The van der Waals surface area contributed by atoms with Crippen molar-refractivity contribution in [3.05, 3.63) is 40.0 Å². The molecule has 0 amide bonds. The van der Waals surface area contributed by atoms with Gasteiger partial charge >= 0.3 is 0 Å². The van der Waals surface area contributed by atoms with Crippen molar-refractivity contribution in [1.82, 2.24) is 15.1 Å². The van der Waals surface area contributed by atoms with Crippen LogP contribution < -0.4 is 4.74 Å². The zero-order valence-corrected chi connectivity index (χ0v) is 13.8. The average molecular weight is 342 g/mol. The standard InChI is InChI=1S/C15H17Cl2N3O2/c1-10-18-19-15(21-10)9-20-6-2-3-12(8-20)22-11-4-5-13(16)14(17)7-11/h4-5,7,12H,2-3,6,8-9H2,1H3/t12-/m1/s1. The highest BCUT2D eigenvalue weighted by Crippen LogP contribution is 2.28. The summed E-state index contributed by atoms with van der Waals surface area (Å²) in [6, 6.07) is 5.35. The molecule has 1 saturated heterocycles. The van der Waals surface area contributed by atoms with E-state index >= 15 is 0 Å². The summed E-state index contributed by atoms with van der Waals surface area (Å²) < 4.78 is 11.4. The maximum absolute atomic E-state index is 6.02. The summed E-state index contributed by atoms with van der Waals surface area (Å²) in [6.07, 6.45) is 2.20. The van der Waals surface area contributed by atoms with Crippen LogP contribution in [0.4, 0.5) is 0 Å². The first kappa shape index (κ1) is 15.6. The normalized spacial score (nSPS) is 19.3. The largest absolute Gasteiger partial charge is 0.489 e. The number of piperidine rings is 1. The van der Waals surface area contributed by atoms with Crippen LogP contribution in [0.25, 0.3) is 0 Å². The summed E-state index contributed by atoms with van der Waals surface area (Å²) in [5.74, 6) is 1.98. The van der Waals surface area contributed by atoms with E-state index in [2.05, 4.69) is 15.1 Å². The number of hydrogen-bond donors (Lipinski definition) is 0. The van der Waals surface area contributed by atoms with Gasteiger partial charge in [-0.1, -0.05) is 23.2 Å². The molecule has 0 bridgehead atoms. The molecule has 2 heterocycles. The average Bonchev–Trinajstić information content (AvgIpc) is 2.89. The Labute approximate surface area is 139 Å². The van der Waals surface area contributed by atoms with Crippen LogP contribution in [0.2, 0.25) is 10.0 Å². The molecule has 0 N–H and O–H groups in total. The number of rotatable bonds is 4. The van der Waals surface area contributed by atoms with E-state index in [4.69, 9.17) is 32.4 Å². The molecule has 1 fully saturated rings. The maximum atomic E-state index is 6.02. The van der Waals surface area contributed by atoms with Gasteiger partial charge in [0.05, 0.1) is 16.6 Å². The molecular weight excluding hydrogens is 325 g/mol. The number of aryl methyl sites for hydroxylation is 1. The molecule has 1 aliphatic rings. The SMILES string of the molecule is Cc1nnc(CN2CCC[C@@H](Oc3ccc(Cl)c(Cl)c3)C2)o1. The number of hydrogen-bond acceptors (Lipinski definition) is 5. The highest BCUT2D eigenvalue weighted by atomic mass is 35.5. The summed E-state index contributed by atoms with van der Waals surface area (Å²) in [4.78, 5) is 2.26. The van der Waals surface area contributed by atoms with Crippen LogP contribution in [-0.2, 0) is 6.54 Å². The summed E-state index contributed by atoms with van der Waals surface area (Å²) in [7, 11) is 0. The molecule has 1 aromatic carbocycles. The fourth-order valence-corrected chi connectivity index (χ4v) is 2.88. The minimum atomic E-state index is 0.120. The summed E-state index contributed by atoms with van der Waals surface area (Å²) in [6.45, 7) is 4.27. The molecule has 2 aromatic rings. The number of ether oxygens (including phenoxy) is 1. The van der Waals surface area contributed by atoms with E-state index in [1.54, 1.807) is 19.1 Å². The van der Waals surface area contributed by atoms with E-state index in [1.807, 2.05) is 6.07 Å². The van der Waals surface area contributed by atoms with E-state index in [0.29, 0.717) is 28.4 Å². The lowest BCUT2D eigenvalue weighted by Gasteiger charge is -2.32. The number of likely N-dealkylation sites (tertiary alicyclic amines) is 1. The molecule has 1 aromatic heterocycles. The van der Waals surface area contributed by atoms with Crippen molar-refractivity contribution in [3.63, 3.8) is 0 Å². The third-order valence-corrected chi connectivity index (χ3v) is 4.32. The highest BCUT2D eigenvalue weighted by Gasteiger charge is 2.23. The molecular formula is C15H17Cl2N3O2. The highest BCUT2D eigenvalue weighted by molar-refractivity contribution is 6.42. The Hall–Kier alpha value is -1.30. The Bertz CT molecular complexity index is 647. The topological polar surface area (TPSA) is 51.4 Å². The predicted molar refractivity (Wildman–Crippen MR) is 84.4 cm³/mol. The molecule has 7 heteroatoms. The van der Waals surface area contributed by atoms with Crippen molar-refractivity contribution in [3.8, 4) is 5.75 Å². The molecule has 3 rings (SSSR count). The number of aromatic nitrogens is 2. The lowest BCUT2D eigenvalue weighted by atomic mass is 10.1. The van der Waals surface area contributed by atoms with Crippen LogP contribution in [0.3, 0.4) is 0 Å². The van der Waals surface area contributed by atoms with E-state index in [0.717, 1.165) is 31.7 Å². The first-order valence-electron chi connectivity index (χ1n) is 7.23. The third kappa shape index (κ3) is 3.91. The first-order chi connectivity index (χ1) is 10.6. The maximum Gasteiger partial charge on any atom is 0.230 e. The lowest BCUT2D eigenvalue weighted by molar-refractivity contribution is 0.0789. The Morgan fingerprint density at radius 1 is 1.32 bits per heavy atom. The number of benzene rings is 1. The molecule has 1 atom stereocenters. The van der Waals surface area contributed by atoms with E-state index in [1.165, 1.54) is 0 Å². The summed E-state index contributed by atoms with van der Waals surface area (Å²) >= 11 is 11.9. The fourth-order valence-electron chi connectivity index (χ4n) is 2.59. The van der Waals surface area contributed by atoms with Gasteiger partial charge in [0.2, 0.25) is 11.8 Å². The van der Waals surface area contributed by atoms with Gasteiger partial charge in [0.25, 0.3) is 0 Å². The Kier molecular flexibility index (Phi) is 4.86. The number of halogens is 2. The Balaban J connectivity index is 1.59. The summed E-state index contributed by atoms with van der Waals surface area (Å²) in [5.41, 5.74) is 0. The second kappa shape index (κ2) is 6.86. The van der Waals surface area contributed by atoms with Gasteiger partial charge in [0.15, 0.2) is 0 Å². The Morgan fingerprint density at radius 3 is 2.91 bits per heavy atom. The first-order valence-corrected chi connectivity index (χ1v) is 7.99. The van der Waals surface area contributed by atoms with Gasteiger partial charge in [0.1, 0.15) is 11.9 Å². The van der Waals surface area contributed by atoms with Gasteiger partial charge in [-0.15, -0.1) is 10.2 Å². The fraction of sp³-hybridized carbons (Fsp3) is 0.467. The monoisotopic (exact) mass is 341 g/mol. The van der Waals surface area contributed by atoms with Crippen molar-refractivity contribution in [2.45, 2.75) is 32.4 Å². The Morgan fingerprint density at radius 2 is 2.18 bits per heavy atom. The summed E-state index contributed by atoms with van der Waals surface area (Å²) in [5, 5.41) is 8.93. The van der Waals surface area contributed by atoms with Crippen LogP contribution >= 0.6 is 23.2 Å². The van der Waals surface area contributed by atoms with Crippen LogP contribution in [0.5, 0.6) is 5.75 Å². The van der Waals surface area contributed by atoms with Crippen molar-refractivity contribution >= 4 is 23.2 Å². The van der Waals surface area contributed by atoms with Gasteiger partial charge in [-0.25, -0.2) is 0 Å². The van der Waals surface area contributed by atoms with Crippen molar-refractivity contribution < 1.29 is 9.15 Å². The van der Waals surface area contributed by atoms with Gasteiger partial charge in [-0.2, -0.15) is 0 Å². The molecule has 0 unspecified atom stereocenters. The van der Waals surface area contributed by atoms with Crippen LogP contribution in [0.1, 0.15) is 24.6 Å². The van der Waals surface area contributed by atoms with E-state index < -0.39 is 0 Å². The van der Waals surface area contributed by atoms with Gasteiger partial charge in [-0.3, -0.25) is 4.90 Å². The van der Waals surface area contributed by atoms with Crippen LogP contribution in [0.15, 0.2) is 22.6 Å². The molecule has 0 radical (unpaired) electrons.